The highest BCUT2D eigenvalue weighted by Crippen LogP contribution is 2.39. The Bertz CT molecular complexity index is 2450. The number of phenols is 2. The molecule has 6 aromatic carbocycles. The van der Waals surface area contributed by atoms with Gasteiger partial charge in [-0.05, 0) is 87.5 Å². The topological polar surface area (TPSA) is 56.8 Å². The number of hydrogen-bond donors (Lipinski definition) is 2. The van der Waals surface area contributed by atoms with Crippen LogP contribution in [0.3, 0.4) is 0 Å². The van der Waals surface area contributed by atoms with E-state index in [2.05, 4.69) is 168 Å². The van der Waals surface area contributed by atoms with E-state index in [1.54, 1.807) is 0 Å². The van der Waals surface area contributed by atoms with Gasteiger partial charge in [0.1, 0.15) is 11.5 Å². The summed E-state index contributed by atoms with van der Waals surface area (Å²) in [5.41, 5.74) is 10.1. The Morgan fingerprint density at radius 1 is 0.471 bits per heavy atom. The summed E-state index contributed by atoms with van der Waals surface area (Å²) in [7, 11) is 4.25. The zero-order chi connectivity index (χ0) is 35.2. The van der Waals surface area contributed by atoms with Crippen LogP contribution >= 0.6 is 0 Å². The maximum Gasteiger partial charge on any atom is 0.144 e. The monoisotopic (exact) mass is 672 g/mol. The molecule has 0 aliphatic rings. The molecule has 2 N–H and O–H groups in total. The highest BCUT2D eigenvalue weighted by atomic mass is 16.3. The molecule has 6 heteroatoms. The average Bonchev–Trinajstić information content (AvgIpc) is 3.65. The van der Waals surface area contributed by atoms with Crippen LogP contribution in [0, 0.1) is 13.8 Å². The third-order valence-corrected chi connectivity index (χ3v) is 10.3. The molecular weight excluding hydrogens is 629 g/mol. The van der Waals surface area contributed by atoms with Crippen LogP contribution in [0.1, 0.15) is 22.3 Å². The van der Waals surface area contributed by atoms with Gasteiger partial charge >= 0.3 is 0 Å². The van der Waals surface area contributed by atoms with Crippen molar-refractivity contribution < 1.29 is 10.2 Å². The van der Waals surface area contributed by atoms with Crippen LogP contribution in [0.15, 0.2) is 121 Å². The standard InChI is InChI=1S/C45H44N4O2/c1-30-25-32(44(50)42(27-30)48-38-17-9-5-13-34(38)35-14-6-10-18-39(35)48)21-22-46(3)23-24-47(4)29-33-26-31(2)28-43(45(33)51)49-40-19-11-7-15-36(40)37-16-8-12-20-41(37)49/h5-20,25-28,50-51H,21-24,29H2,1-4H3. The summed E-state index contributed by atoms with van der Waals surface area (Å²) in [6.45, 7) is 7.33. The van der Waals surface area contributed by atoms with Crippen LogP contribution in [0.4, 0.5) is 0 Å². The lowest BCUT2D eigenvalue weighted by Gasteiger charge is -2.24. The number of aromatic hydroxyl groups is 2. The Kier molecular flexibility index (Phi) is 8.50. The molecule has 0 bridgehead atoms. The van der Waals surface area contributed by atoms with Gasteiger partial charge < -0.3 is 29.1 Å². The lowest BCUT2D eigenvalue weighted by Crippen LogP contribution is -2.31. The summed E-state index contributed by atoms with van der Waals surface area (Å²) in [6.07, 6.45) is 0.735. The lowest BCUT2D eigenvalue weighted by atomic mass is 10.0. The first-order valence-electron chi connectivity index (χ1n) is 17.8. The third kappa shape index (κ3) is 5.90. The second-order valence-electron chi connectivity index (χ2n) is 14.1. The average molecular weight is 673 g/mol. The van der Waals surface area contributed by atoms with Crippen LogP contribution in [0.5, 0.6) is 11.5 Å². The Morgan fingerprint density at radius 3 is 1.29 bits per heavy atom. The summed E-state index contributed by atoms with van der Waals surface area (Å²) in [6, 6.07) is 42.0. The van der Waals surface area contributed by atoms with Crippen molar-refractivity contribution in [2.45, 2.75) is 26.8 Å². The van der Waals surface area contributed by atoms with Gasteiger partial charge in [0.25, 0.3) is 0 Å². The van der Waals surface area contributed by atoms with Gasteiger partial charge in [0.05, 0.1) is 33.4 Å². The van der Waals surface area contributed by atoms with Gasteiger partial charge in [-0.15, -0.1) is 0 Å². The van der Waals surface area contributed by atoms with Gasteiger partial charge in [0.15, 0.2) is 0 Å². The van der Waals surface area contributed by atoms with Crippen LogP contribution in [-0.2, 0) is 13.0 Å². The molecule has 0 radical (unpaired) electrons. The van der Waals surface area contributed by atoms with E-state index >= 15 is 0 Å². The van der Waals surface area contributed by atoms with Crippen LogP contribution in [0.2, 0.25) is 0 Å². The number of benzene rings is 6. The second kappa shape index (κ2) is 13.3. The molecule has 8 aromatic rings. The Balaban J connectivity index is 0.978. The summed E-state index contributed by atoms with van der Waals surface area (Å²) in [4.78, 5) is 4.59. The van der Waals surface area contributed by atoms with Crippen molar-refractivity contribution in [2.24, 2.45) is 0 Å². The van der Waals surface area contributed by atoms with E-state index in [1.807, 2.05) is 0 Å². The fourth-order valence-corrected chi connectivity index (χ4v) is 7.82. The summed E-state index contributed by atoms with van der Waals surface area (Å²) in [5, 5.41) is 28.1. The van der Waals surface area contributed by atoms with E-state index in [4.69, 9.17) is 0 Å². The molecule has 256 valence electrons. The molecule has 0 saturated carbocycles. The SMILES string of the molecule is Cc1cc(CCN(C)CCN(C)Cc2cc(C)cc(-n3c4ccccc4c4ccccc43)c2O)c(O)c(-n2c3ccccc3c3ccccc32)c1. The summed E-state index contributed by atoms with van der Waals surface area (Å²) < 4.78 is 4.39. The Hall–Kier alpha value is -5.56. The van der Waals surface area contributed by atoms with Gasteiger partial charge in [0.2, 0.25) is 0 Å². The van der Waals surface area contributed by atoms with E-state index in [1.165, 1.54) is 21.5 Å². The molecule has 6 nitrogen and oxygen atoms in total. The van der Waals surface area contributed by atoms with E-state index in [9.17, 15) is 10.2 Å². The van der Waals surface area contributed by atoms with Gasteiger partial charge in [-0.3, -0.25) is 0 Å². The van der Waals surface area contributed by atoms with Gasteiger partial charge in [-0.2, -0.15) is 0 Å². The van der Waals surface area contributed by atoms with Crippen molar-refractivity contribution in [1.29, 1.82) is 0 Å². The minimum absolute atomic E-state index is 0.321. The first-order chi connectivity index (χ1) is 24.8. The number of nitrogens with zero attached hydrogens (tertiary/aromatic N) is 4. The van der Waals surface area contributed by atoms with Crippen molar-refractivity contribution in [3.05, 3.63) is 144 Å². The number of fused-ring (bicyclic) bond motifs is 6. The van der Waals surface area contributed by atoms with E-state index in [0.29, 0.717) is 18.0 Å². The van der Waals surface area contributed by atoms with Crippen LogP contribution < -0.4 is 0 Å². The number of para-hydroxylation sites is 4. The number of phenolic OH excluding ortho intramolecular Hbond substituents is 2. The maximum absolute atomic E-state index is 11.7. The van der Waals surface area contributed by atoms with Crippen LogP contribution in [0.25, 0.3) is 55.0 Å². The smallest absolute Gasteiger partial charge is 0.144 e. The van der Waals surface area contributed by atoms with E-state index in [-0.39, 0.29) is 0 Å². The van der Waals surface area contributed by atoms with Crippen molar-refractivity contribution in [3.8, 4) is 22.9 Å². The number of aryl methyl sites for hydroxylation is 2. The zero-order valence-corrected chi connectivity index (χ0v) is 29.8. The summed E-state index contributed by atoms with van der Waals surface area (Å²) >= 11 is 0. The van der Waals surface area contributed by atoms with Gasteiger partial charge in [0, 0.05) is 53.3 Å². The quantitative estimate of drug-likeness (QED) is 0.152. The molecule has 0 amide bonds. The maximum atomic E-state index is 11.7. The molecular formula is C45H44N4O2. The van der Waals surface area contributed by atoms with Crippen molar-refractivity contribution in [3.63, 3.8) is 0 Å². The molecule has 0 aliphatic carbocycles. The second-order valence-corrected chi connectivity index (χ2v) is 14.1. The first kappa shape index (κ1) is 32.6. The number of rotatable bonds is 10. The Labute approximate surface area is 299 Å². The molecule has 0 fully saturated rings. The molecule has 2 aromatic heterocycles. The van der Waals surface area contributed by atoms with Crippen molar-refractivity contribution >= 4 is 43.6 Å². The van der Waals surface area contributed by atoms with Crippen molar-refractivity contribution in [1.82, 2.24) is 18.9 Å². The molecule has 0 unspecified atom stereocenters. The minimum Gasteiger partial charge on any atom is -0.505 e. The molecule has 0 spiro atoms. The zero-order valence-electron chi connectivity index (χ0n) is 29.8. The highest BCUT2D eigenvalue weighted by Gasteiger charge is 2.19. The first-order valence-corrected chi connectivity index (χ1v) is 17.8. The van der Waals surface area contributed by atoms with E-state index in [0.717, 1.165) is 81.8 Å². The fraction of sp³-hybridized carbons (Fsp3) is 0.200. The number of aromatic nitrogens is 2. The normalized spacial score (nSPS) is 12.0. The van der Waals surface area contributed by atoms with E-state index < -0.39 is 0 Å². The Morgan fingerprint density at radius 2 is 0.843 bits per heavy atom. The van der Waals surface area contributed by atoms with Crippen LogP contribution in [-0.4, -0.2) is 62.9 Å². The fourth-order valence-electron chi connectivity index (χ4n) is 7.82. The molecule has 8 rings (SSSR count). The van der Waals surface area contributed by atoms with Gasteiger partial charge in [-0.25, -0.2) is 0 Å². The lowest BCUT2D eigenvalue weighted by molar-refractivity contribution is 0.251. The summed E-state index contributed by atoms with van der Waals surface area (Å²) in [5.74, 6) is 0.660. The predicted molar refractivity (Wildman–Crippen MR) is 212 cm³/mol. The third-order valence-electron chi connectivity index (χ3n) is 10.3. The largest absolute Gasteiger partial charge is 0.505 e. The molecule has 2 heterocycles. The highest BCUT2D eigenvalue weighted by molar-refractivity contribution is 6.10. The molecule has 0 aliphatic heterocycles. The van der Waals surface area contributed by atoms with Gasteiger partial charge in [-0.1, -0.05) is 84.9 Å². The van der Waals surface area contributed by atoms with Crippen molar-refractivity contribution in [2.75, 3.05) is 33.7 Å². The molecule has 0 saturated heterocycles. The number of hydrogen-bond acceptors (Lipinski definition) is 4. The predicted octanol–water partition coefficient (Wildman–Crippen LogP) is 9.52. The molecule has 0 atom stereocenters. The number of likely N-dealkylation sites (N-methyl/N-ethyl adjacent to an activating group) is 2. The minimum atomic E-state index is 0.321. The molecule has 51 heavy (non-hydrogen) atoms.